The molecule has 9 heteroatoms. The number of aromatic nitrogens is 5. The maximum absolute atomic E-state index is 12.9. The number of hydrogen-bond donors (Lipinski definition) is 2. The number of nitrogen functional groups attached to an aromatic ring is 1. The number of anilines is 2. The summed E-state index contributed by atoms with van der Waals surface area (Å²) in [6.07, 6.45) is 5.31. The lowest BCUT2D eigenvalue weighted by molar-refractivity contribution is 0.0929. The van der Waals surface area contributed by atoms with Gasteiger partial charge >= 0.3 is 0 Å². The van der Waals surface area contributed by atoms with E-state index in [0.29, 0.717) is 11.5 Å². The second-order valence-electron chi connectivity index (χ2n) is 6.48. The van der Waals surface area contributed by atoms with E-state index >= 15 is 0 Å². The van der Waals surface area contributed by atoms with Crippen molar-refractivity contribution in [3.63, 3.8) is 0 Å². The summed E-state index contributed by atoms with van der Waals surface area (Å²) in [6, 6.07) is 7.89. The fraction of sp³-hybridized carbons (Fsp3) is 0.211. The molecule has 1 amide bonds. The summed E-state index contributed by atoms with van der Waals surface area (Å²) in [5.41, 5.74) is 8.63. The maximum Gasteiger partial charge on any atom is 0.274 e. The Morgan fingerprint density at radius 3 is 2.79 bits per heavy atom. The largest absolute Gasteiger partial charge is 0.382 e. The molecular formula is C19H20N8O. The van der Waals surface area contributed by atoms with E-state index < -0.39 is 0 Å². The average molecular weight is 376 g/mol. The van der Waals surface area contributed by atoms with E-state index in [1.165, 1.54) is 23.3 Å². The van der Waals surface area contributed by atoms with Crippen LogP contribution in [0.4, 0.5) is 11.5 Å². The van der Waals surface area contributed by atoms with Gasteiger partial charge in [-0.3, -0.25) is 4.79 Å². The van der Waals surface area contributed by atoms with Crippen LogP contribution < -0.4 is 16.0 Å². The minimum atomic E-state index is -0.377. The molecule has 0 radical (unpaired) electrons. The van der Waals surface area contributed by atoms with Crippen LogP contribution in [0.5, 0.6) is 0 Å². The fourth-order valence-corrected chi connectivity index (χ4v) is 3.33. The smallest absolute Gasteiger partial charge is 0.274 e. The highest BCUT2D eigenvalue weighted by Crippen LogP contribution is 2.32. The molecule has 0 saturated carbocycles. The number of hydrogen-bond acceptors (Lipinski definition) is 7. The van der Waals surface area contributed by atoms with Crippen LogP contribution in [0.1, 0.15) is 34.2 Å². The van der Waals surface area contributed by atoms with Gasteiger partial charge in [-0.25, -0.2) is 9.97 Å². The van der Waals surface area contributed by atoms with Gasteiger partial charge in [-0.15, -0.1) is 4.80 Å². The SMILES string of the molecule is C=Cc1nc(C(=O)NC2CCN(C)c3ccccc32)c(N)nc1-n1nccn1. The molecule has 0 spiro atoms. The number of nitrogens with one attached hydrogen (secondary N) is 1. The molecule has 0 saturated heterocycles. The van der Waals surface area contributed by atoms with Crippen molar-refractivity contribution in [2.45, 2.75) is 12.5 Å². The number of nitrogens with zero attached hydrogens (tertiary/aromatic N) is 6. The summed E-state index contributed by atoms with van der Waals surface area (Å²) in [6.45, 7) is 4.57. The van der Waals surface area contributed by atoms with Gasteiger partial charge in [0.15, 0.2) is 11.5 Å². The molecule has 4 rings (SSSR count). The highest BCUT2D eigenvalue weighted by Gasteiger charge is 2.26. The lowest BCUT2D eigenvalue weighted by atomic mass is 9.96. The Balaban J connectivity index is 1.64. The number of rotatable bonds is 4. The van der Waals surface area contributed by atoms with Crippen molar-refractivity contribution in [1.29, 1.82) is 0 Å². The van der Waals surface area contributed by atoms with Crippen molar-refractivity contribution in [2.75, 3.05) is 24.2 Å². The molecule has 142 valence electrons. The van der Waals surface area contributed by atoms with Crippen molar-refractivity contribution in [3.8, 4) is 5.82 Å². The summed E-state index contributed by atoms with van der Waals surface area (Å²) in [5, 5.41) is 11.1. The van der Waals surface area contributed by atoms with Crippen LogP contribution in [0.3, 0.4) is 0 Å². The quantitative estimate of drug-likeness (QED) is 0.710. The zero-order valence-corrected chi connectivity index (χ0v) is 15.4. The van der Waals surface area contributed by atoms with Crippen molar-refractivity contribution >= 4 is 23.5 Å². The molecule has 1 unspecified atom stereocenters. The molecule has 0 bridgehead atoms. The predicted octanol–water partition coefficient (Wildman–Crippen LogP) is 1.59. The van der Waals surface area contributed by atoms with E-state index in [4.69, 9.17) is 5.73 Å². The lowest BCUT2D eigenvalue weighted by Gasteiger charge is -2.33. The van der Waals surface area contributed by atoms with Crippen LogP contribution in [-0.4, -0.2) is 44.5 Å². The average Bonchev–Trinajstić information content (AvgIpc) is 3.24. The molecule has 28 heavy (non-hydrogen) atoms. The summed E-state index contributed by atoms with van der Waals surface area (Å²) in [7, 11) is 2.04. The Hall–Kier alpha value is -3.75. The number of carbonyl (C=O) groups is 1. The Morgan fingerprint density at radius 1 is 1.29 bits per heavy atom. The molecule has 1 atom stereocenters. The van der Waals surface area contributed by atoms with Crippen molar-refractivity contribution in [2.24, 2.45) is 0 Å². The fourth-order valence-electron chi connectivity index (χ4n) is 3.33. The molecule has 1 aliphatic rings. The number of benzene rings is 1. The zero-order valence-electron chi connectivity index (χ0n) is 15.4. The van der Waals surface area contributed by atoms with Crippen LogP contribution in [0, 0.1) is 0 Å². The van der Waals surface area contributed by atoms with Gasteiger partial charge in [-0.1, -0.05) is 24.8 Å². The first-order chi connectivity index (χ1) is 13.6. The van der Waals surface area contributed by atoms with Gasteiger partial charge in [0.1, 0.15) is 5.69 Å². The van der Waals surface area contributed by atoms with Gasteiger partial charge in [-0.05, 0) is 24.1 Å². The normalized spacial score (nSPS) is 15.8. The van der Waals surface area contributed by atoms with E-state index in [0.717, 1.165) is 24.2 Å². The summed E-state index contributed by atoms with van der Waals surface area (Å²) >= 11 is 0. The third-order valence-electron chi connectivity index (χ3n) is 4.73. The van der Waals surface area contributed by atoms with E-state index in [1.54, 1.807) is 0 Å². The first kappa shape index (κ1) is 17.7. The Morgan fingerprint density at radius 2 is 2.04 bits per heavy atom. The molecule has 3 aromatic rings. The minimum absolute atomic E-state index is 0.0108. The molecular weight excluding hydrogens is 356 g/mol. The van der Waals surface area contributed by atoms with Gasteiger partial charge in [0.2, 0.25) is 5.82 Å². The lowest BCUT2D eigenvalue weighted by Crippen LogP contribution is -2.37. The Bertz CT molecular complexity index is 1030. The predicted molar refractivity (Wildman–Crippen MR) is 106 cm³/mol. The first-order valence-electron chi connectivity index (χ1n) is 8.86. The highest BCUT2D eigenvalue weighted by molar-refractivity contribution is 5.97. The van der Waals surface area contributed by atoms with Gasteiger partial charge in [-0.2, -0.15) is 10.2 Å². The number of nitrogens with two attached hydrogens (primary N) is 1. The number of fused-ring (bicyclic) bond motifs is 1. The molecule has 3 heterocycles. The van der Waals surface area contributed by atoms with Crippen molar-refractivity contribution in [1.82, 2.24) is 30.3 Å². The second kappa shape index (κ2) is 7.10. The number of amides is 1. The van der Waals surface area contributed by atoms with Gasteiger partial charge in [0, 0.05) is 19.3 Å². The Kier molecular flexibility index (Phi) is 4.48. The molecule has 3 N–H and O–H groups in total. The molecule has 9 nitrogen and oxygen atoms in total. The zero-order chi connectivity index (χ0) is 19.7. The van der Waals surface area contributed by atoms with Gasteiger partial charge in [0.05, 0.1) is 18.4 Å². The minimum Gasteiger partial charge on any atom is -0.382 e. The first-order valence-corrected chi connectivity index (χ1v) is 8.86. The highest BCUT2D eigenvalue weighted by atomic mass is 16.2. The van der Waals surface area contributed by atoms with Crippen LogP contribution in [0.25, 0.3) is 11.9 Å². The van der Waals surface area contributed by atoms with Crippen LogP contribution >= 0.6 is 0 Å². The van der Waals surface area contributed by atoms with Gasteiger partial charge < -0.3 is 16.0 Å². The van der Waals surface area contributed by atoms with Crippen molar-refractivity contribution < 1.29 is 4.79 Å². The third kappa shape index (κ3) is 3.07. The van der Waals surface area contributed by atoms with Gasteiger partial charge in [0.25, 0.3) is 5.91 Å². The number of para-hydroxylation sites is 1. The number of carbonyl (C=O) groups excluding carboxylic acids is 1. The second-order valence-corrected chi connectivity index (χ2v) is 6.48. The monoisotopic (exact) mass is 376 g/mol. The molecule has 1 aliphatic heterocycles. The van der Waals surface area contributed by atoms with Crippen LogP contribution in [0.2, 0.25) is 0 Å². The molecule has 0 aliphatic carbocycles. The van der Waals surface area contributed by atoms with Crippen LogP contribution in [0.15, 0.2) is 43.2 Å². The van der Waals surface area contributed by atoms with E-state index in [1.807, 2.05) is 31.3 Å². The Labute approximate surface area is 161 Å². The molecule has 2 aromatic heterocycles. The van der Waals surface area contributed by atoms with E-state index in [9.17, 15) is 4.79 Å². The standard InChI is InChI=1S/C19H20N8O/c1-3-13-18(27-21-9-10-22-27)25-17(20)16(23-13)19(28)24-14-8-11-26(2)15-7-5-4-6-12(14)15/h3-7,9-10,14H,1,8,11H2,2H3,(H2,20,25)(H,24,28). The summed E-state index contributed by atoms with van der Waals surface area (Å²) < 4.78 is 0. The third-order valence-corrected chi connectivity index (χ3v) is 4.73. The summed E-state index contributed by atoms with van der Waals surface area (Å²) in [4.78, 5) is 25.0. The van der Waals surface area contributed by atoms with Crippen LogP contribution in [-0.2, 0) is 0 Å². The topological polar surface area (TPSA) is 115 Å². The summed E-state index contributed by atoms with van der Waals surface area (Å²) in [5.74, 6) is -0.0484. The van der Waals surface area contributed by atoms with Crippen molar-refractivity contribution in [3.05, 3.63) is 60.2 Å². The molecule has 1 aromatic carbocycles. The molecule has 0 fully saturated rings. The van der Waals surface area contributed by atoms with E-state index in [-0.39, 0.29) is 23.5 Å². The maximum atomic E-state index is 12.9. The van der Waals surface area contributed by atoms with E-state index in [2.05, 4.69) is 37.0 Å².